The lowest BCUT2D eigenvalue weighted by Gasteiger charge is -2.15. The molecular formula is C10H8BrCl2NO2S3. The highest BCUT2D eigenvalue weighted by atomic mass is 79.9. The smallest absolute Gasteiger partial charge is 0.207 e. The Kier molecular flexibility index (Phi) is 4.98. The molecule has 0 aliphatic rings. The summed E-state index contributed by atoms with van der Waals surface area (Å²) >= 11 is 17.6. The Hall–Kier alpha value is 0.370. The van der Waals surface area contributed by atoms with E-state index in [0.717, 1.165) is 20.7 Å². The minimum absolute atomic E-state index is 0.0564. The number of hydrogen-bond acceptors (Lipinski definition) is 4. The van der Waals surface area contributed by atoms with Crippen molar-refractivity contribution in [3.8, 4) is 0 Å². The molecule has 0 amide bonds. The van der Waals surface area contributed by atoms with Crippen molar-refractivity contribution >= 4 is 71.8 Å². The van der Waals surface area contributed by atoms with Gasteiger partial charge in [0.25, 0.3) is 0 Å². The quantitative estimate of drug-likeness (QED) is 0.718. The Morgan fingerprint density at radius 3 is 2.53 bits per heavy atom. The van der Waals surface area contributed by atoms with Crippen molar-refractivity contribution in [2.75, 3.05) is 7.05 Å². The third-order valence-electron chi connectivity index (χ3n) is 2.34. The van der Waals surface area contributed by atoms with Gasteiger partial charge in [-0.2, -0.15) is 4.31 Å². The van der Waals surface area contributed by atoms with Gasteiger partial charge in [-0.05, 0) is 39.0 Å². The molecule has 0 fully saturated rings. The molecule has 0 unspecified atom stereocenters. The van der Waals surface area contributed by atoms with E-state index >= 15 is 0 Å². The summed E-state index contributed by atoms with van der Waals surface area (Å²) in [5.41, 5.74) is 0.917. The molecule has 104 valence electrons. The monoisotopic (exact) mass is 419 g/mol. The summed E-state index contributed by atoms with van der Waals surface area (Å²) < 4.78 is 27.5. The summed E-state index contributed by atoms with van der Waals surface area (Å²) in [6, 6.07) is 3.27. The number of sulfonamides is 1. The highest BCUT2D eigenvalue weighted by Crippen LogP contribution is 2.36. The third kappa shape index (κ3) is 3.53. The zero-order chi connectivity index (χ0) is 14.2. The van der Waals surface area contributed by atoms with Crippen LogP contribution >= 0.6 is 61.8 Å². The predicted molar refractivity (Wildman–Crippen MR) is 85.0 cm³/mol. The van der Waals surface area contributed by atoms with Gasteiger partial charge in [-0.1, -0.05) is 23.2 Å². The first-order valence-corrected chi connectivity index (χ1v) is 9.63. The van der Waals surface area contributed by atoms with E-state index in [4.69, 9.17) is 23.2 Å². The molecular weight excluding hydrogens is 413 g/mol. The van der Waals surface area contributed by atoms with Crippen LogP contribution in [0.2, 0.25) is 8.67 Å². The van der Waals surface area contributed by atoms with Crippen LogP contribution in [-0.4, -0.2) is 19.8 Å². The van der Waals surface area contributed by atoms with Crippen molar-refractivity contribution in [2.45, 2.75) is 11.4 Å². The van der Waals surface area contributed by atoms with Crippen LogP contribution in [0.15, 0.2) is 26.2 Å². The fourth-order valence-corrected chi connectivity index (χ4v) is 5.91. The zero-order valence-corrected chi connectivity index (χ0v) is 15.1. The van der Waals surface area contributed by atoms with Crippen LogP contribution in [0.5, 0.6) is 0 Å². The Bertz CT molecular complexity index is 695. The average molecular weight is 421 g/mol. The van der Waals surface area contributed by atoms with Crippen LogP contribution < -0.4 is 0 Å². The molecule has 2 aromatic rings. The lowest BCUT2D eigenvalue weighted by molar-refractivity contribution is 0.467. The van der Waals surface area contributed by atoms with Gasteiger partial charge in [0.1, 0.15) is 9.23 Å². The maximum Gasteiger partial charge on any atom is 0.245 e. The molecule has 2 heterocycles. The molecule has 0 atom stereocenters. The van der Waals surface area contributed by atoms with Gasteiger partial charge in [-0.15, -0.1) is 22.7 Å². The van der Waals surface area contributed by atoms with Gasteiger partial charge in [-0.3, -0.25) is 0 Å². The van der Waals surface area contributed by atoms with Crippen LogP contribution in [0.1, 0.15) is 5.56 Å². The molecule has 2 aromatic heterocycles. The van der Waals surface area contributed by atoms with Crippen LogP contribution in [0.25, 0.3) is 0 Å². The van der Waals surface area contributed by atoms with E-state index in [1.54, 1.807) is 0 Å². The van der Waals surface area contributed by atoms with E-state index in [9.17, 15) is 8.42 Å². The topological polar surface area (TPSA) is 37.4 Å². The van der Waals surface area contributed by atoms with Gasteiger partial charge >= 0.3 is 0 Å². The SMILES string of the molecule is CN(Cc1csc(Br)c1)S(=O)(=O)c1cc(Cl)sc1Cl. The molecule has 0 radical (unpaired) electrons. The molecule has 0 bridgehead atoms. The van der Waals surface area contributed by atoms with E-state index in [2.05, 4.69) is 15.9 Å². The van der Waals surface area contributed by atoms with E-state index in [-0.39, 0.29) is 15.8 Å². The summed E-state index contributed by atoms with van der Waals surface area (Å²) in [6.45, 7) is 0.286. The summed E-state index contributed by atoms with van der Waals surface area (Å²) in [5, 5.41) is 1.90. The van der Waals surface area contributed by atoms with Gasteiger partial charge < -0.3 is 0 Å². The maximum atomic E-state index is 12.4. The number of nitrogens with zero attached hydrogens (tertiary/aromatic N) is 1. The normalized spacial score (nSPS) is 12.3. The van der Waals surface area contributed by atoms with Crippen LogP contribution in [0.3, 0.4) is 0 Å². The molecule has 9 heteroatoms. The standard InChI is InChI=1S/C10H8BrCl2NO2S3/c1-14(4-6-2-8(11)17-5-6)19(15,16)7-3-9(12)18-10(7)13/h2-3,5H,4H2,1H3. The Labute approximate surface area is 137 Å². The van der Waals surface area contributed by atoms with Crippen molar-refractivity contribution in [2.24, 2.45) is 0 Å². The molecule has 0 aliphatic heterocycles. The average Bonchev–Trinajstić information content (AvgIpc) is 2.85. The minimum atomic E-state index is -3.62. The maximum absolute atomic E-state index is 12.4. The van der Waals surface area contributed by atoms with Crippen molar-refractivity contribution < 1.29 is 8.42 Å². The van der Waals surface area contributed by atoms with E-state index in [1.807, 2.05) is 11.4 Å². The molecule has 0 N–H and O–H groups in total. The largest absolute Gasteiger partial charge is 0.245 e. The van der Waals surface area contributed by atoms with Gasteiger partial charge in [0.15, 0.2) is 0 Å². The van der Waals surface area contributed by atoms with E-state index < -0.39 is 10.0 Å². The van der Waals surface area contributed by atoms with Gasteiger partial charge in [-0.25, -0.2) is 8.42 Å². The van der Waals surface area contributed by atoms with Crippen molar-refractivity contribution in [1.82, 2.24) is 4.31 Å². The van der Waals surface area contributed by atoms with Gasteiger partial charge in [0.2, 0.25) is 10.0 Å². The van der Waals surface area contributed by atoms with Gasteiger partial charge in [0.05, 0.1) is 8.12 Å². The molecule has 0 aliphatic carbocycles. The Balaban J connectivity index is 2.27. The molecule has 2 rings (SSSR count). The number of halogens is 3. The summed E-state index contributed by atoms with van der Waals surface area (Å²) in [6.07, 6.45) is 0. The number of rotatable bonds is 4. The lowest BCUT2D eigenvalue weighted by atomic mass is 10.3. The van der Waals surface area contributed by atoms with Crippen LogP contribution in [-0.2, 0) is 16.6 Å². The van der Waals surface area contributed by atoms with Crippen LogP contribution in [0, 0.1) is 0 Å². The first kappa shape index (κ1) is 15.8. The molecule has 0 aromatic carbocycles. The fourth-order valence-electron chi connectivity index (χ4n) is 1.44. The van der Waals surface area contributed by atoms with Gasteiger partial charge in [0, 0.05) is 13.6 Å². The van der Waals surface area contributed by atoms with Crippen LogP contribution in [0.4, 0.5) is 0 Å². The number of thiophene rings is 2. The summed E-state index contributed by atoms with van der Waals surface area (Å²) in [5.74, 6) is 0. The summed E-state index contributed by atoms with van der Waals surface area (Å²) in [7, 11) is -2.10. The Morgan fingerprint density at radius 2 is 2.05 bits per heavy atom. The van der Waals surface area contributed by atoms with E-state index in [1.165, 1.54) is 28.8 Å². The highest BCUT2D eigenvalue weighted by molar-refractivity contribution is 9.11. The molecule has 0 saturated heterocycles. The first-order valence-electron chi connectivity index (χ1n) is 4.95. The molecule has 3 nitrogen and oxygen atoms in total. The lowest BCUT2D eigenvalue weighted by Crippen LogP contribution is -2.26. The fraction of sp³-hybridized carbons (Fsp3) is 0.200. The second-order valence-corrected chi connectivity index (χ2v) is 10.3. The molecule has 0 spiro atoms. The van der Waals surface area contributed by atoms with Crippen molar-refractivity contribution in [3.05, 3.63) is 35.5 Å². The van der Waals surface area contributed by atoms with E-state index in [0.29, 0.717) is 4.34 Å². The van der Waals surface area contributed by atoms with Crippen molar-refractivity contribution in [1.29, 1.82) is 0 Å². The Morgan fingerprint density at radius 1 is 1.37 bits per heavy atom. The predicted octanol–water partition coefficient (Wildman–Crippen LogP) is 4.70. The molecule has 0 saturated carbocycles. The first-order chi connectivity index (χ1) is 8.80. The second kappa shape index (κ2) is 6.01. The second-order valence-electron chi connectivity index (χ2n) is 3.71. The minimum Gasteiger partial charge on any atom is -0.207 e. The zero-order valence-electron chi connectivity index (χ0n) is 9.56. The number of hydrogen-bond donors (Lipinski definition) is 0. The molecule has 19 heavy (non-hydrogen) atoms. The summed E-state index contributed by atoms with van der Waals surface area (Å²) in [4.78, 5) is 0.0564. The third-order valence-corrected chi connectivity index (χ3v) is 7.45. The van der Waals surface area contributed by atoms with Crippen molar-refractivity contribution in [3.63, 3.8) is 0 Å². The highest BCUT2D eigenvalue weighted by Gasteiger charge is 2.26.